The smallest absolute Gasteiger partial charge is 0.243 e. The molecule has 0 aromatic heterocycles. The predicted octanol–water partition coefficient (Wildman–Crippen LogP) is 6.03. The molecular formula is C36H47N3O5S. The minimum Gasteiger partial charge on any atom is -0.492 e. The molecule has 2 amide bonds. The highest BCUT2D eigenvalue weighted by Gasteiger charge is 2.32. The molecule has 4 rings (SSSR count). The van der Waals surface area contributed by atoms with Gasteiger partial charge in [0.25, 0.3) is 0 Å². The van der Waals surface area contributed by atoms with Crippen LogP contribution in [-0.4, -0.2) is 56.6 Å². The van der Waals surface area contributed by atoms with Crippen LogP contribution in [0.5, 0.6) is 5.75 Å². The van der Waals surface area contributed by atoms with E-state index in [4.69, 9.17) is 4.74 Å². The molecule has 0 bridgehead atoms. The summed E-state index contributed by atoms with van der Waals surface area (Å²) < 4.78 is 32.8. The summed E-state index contributed by atoms with van der Waals surface area (Å²) in [4.78, 5) is 29.8. The third-order valence-electron chi connectivity index (χ3n) is 8.28. The lowest BCUT2D eigenvalue weighted by Gasteiger charge is -2.34. The quantitative estimate of drug-likeness (QED) is 0.221. The van der Waals surface area contributed by atoms with Gasteiger partial charge in [0.2, 0.25) is 21.8 Å². The minimum atomic E-state index is -3.65. The third-order valence-corrected chi connectivity index (χ3v) is 9.46. The van der Waals surface area contributed by atoms with Crippen LogP contribution in [0.2, 0.25) is 0 Å². The molecule has 1 saturated carbocycles. The third kappa shape index (κ3) is 10.1. The van der Waals surface area contributed by atoms with Crippen molar-refractivity contribution in [2.24, 2.45) is 0 Å². The van der Waals surface area contributed by atoms with E-state index in [0.29, 0.717) is 24.5 Å². The monoisotopic (exact) mass is 633 g/mol. The van der Waals surface area contributed by atoms with Crippen molar-refractivity contribution in [2.45, 2.75) is 83.8 Å². The molecule has 3 aromatic carbocycles. The fourth-order valence-electron chi connectivity index (χ4n) is 5.91. The molecule has 1 N–H and O–H groups in total. The Morgan fingerprint density at radius 3 is 2.24 bits per heavy atom. The lowest BCUT2D eigenvalue weighted by atomic mass is 9.94. The standard InChI is InChI=1S/C36H47N3O5S/c1-4-44-34-19-12-11-18-32(34)39(45(3,42)43)25-13-20-35(40)38(27-30-23-21-28(2)22-24-30)33(26-29-14-7-5-8-15-29)36(41)37-31-16-9-6-10-17-31/h5,7-8,11-12,14-15,18-19,21-24,31,33H,4,6,9-10,13,16-17,20,25-27H2,1-3H3,(H,37,41)/t33-/m0/s1. The number of hydrogen-bond acceptors (Lipinski definition) is 5. The topological polar surface area (TPSA) is 96.0 Å². The van der Waals surface area contributed by atoms with Crippen LogP contribution in [-0.2, 0) is 32.6 Å². The fraction of sp³-hybridized carbons (Fsp3) is 0.444. The van der Waals surface area contributed by atoms with E-state index < -0.39 is 16.1 Å². The predicted molar refractivity (Wildman–Crippen MR) is 180 cm³/mol. The van der Waals surface area contributed by atoms with Gasteiger partial charge in [-0.15, -0.1) is 0 Å². The summed E-state index contributed by atoms with van der Waals surface area (Å²) in [5, 5.41) is 3.27. The minimum absolute atomic E-state index is 0.0800. The van der Waals surface area contributed by atoms with Crippen molar-refractivity contribution >= 4 is 27.5 Å². The molecule has 0 spiro atoms. The van der Waals surface area contributed by atoms with Crippen LogP contribution in [0.25, 0.3) is 0 Å². The first-order valence-electron chi connectivity index (χ1n) is 16.0. The summed E-state index contributed by atoms with van der Waals surface area (Å²) in [5.41, 5.74) is 3.46. The number of benzene rings is 3. The Labute approximate surface area is 268 Å². The van der Waals surface area contributed by atoms with Gasteiger partial charge in [-0.1, -0.05) is 91.6 Å². The van der Waals surface area contributed by atoms with E-state index in [9.17, 15) is 18.0 Å². The van der Waals surface area contributed by atoms with Crippen molar-refractivity contribution in [2.75, 3.05) is 23.7 Å². The Hall–Kier alpha value is -3.85. The Balaban J connectivity index is 1.59. The molecule has 0 saturated heterocycles. The van der Waals surface area contributed by atoms with Crippen molar-refractivity contribution < 1.29 is 22.7 Å². The number of anilines is 1. The SMILES string of the molecule is CCOc1ccccc1N(CCCC(=O)N(Cc1ccc(C)cc1)[C@@H](Cc1ccccc1)C(=O)NC1CCCCC1)S(C)(=O)=O. The van der Waals surface area contributed by atoms with Gasteiger partial charge in [-0.2, -0.15) is 0 Å². The van der Waals surface area contributed by atoms with E-state index in [-0.39, 0.29) is 43.8 Å². The van der Waals surface area contributed by atoms with Crippen LogP contribution in [0.15, 0.2) is 78.9 Å². The number of nitrogens with one attached hydrogen (secondary N) is 1. The molecule has 0 unspecified atom stereocenters. The number of carbonyl (C=O) groups excluding carboxylic acids is 2. The van der Waals surface area contributed by atoms with Crippen molar-refractivity contribution in [3.05, 3.63) is 95.6 Å². The summed E-state index contributed by atoms with van der Waals surface area (Å²) in [6.45, 7) is 4.63. The van der Waals surface area contributed by atoms with E-state index in [1.165, 1.54) is 10.7 Å². The zero-order chi connectivity index (χ0) is 32.2. The van der Waals surface area contributed by atoms with Crippen LogP contribution in [0.3, 0.4) is 0 Å². The first-order valence-corrected chi connectivity index (χ1v) is 17.9. The maximum absolute atomic E-state index is 14.1. The molecule has 0 aliphatic heterocycles. The van der Waals surface area contributed by atoms with E-state index in [1.54, 1.807) is 29.2 Å². The van der Waals surface area contributed by atoms with Gasteiger partial charge in [0.1, 0.15) is 11.8 Å². The number of rotatable bonds is 15. The molecule has 1 aliphatic rings. The fourth-order valence-corrected chi connectivity index (χ4v) is 6.88. The summed E-state index contributed by atoms with van der Waals surface area (Å²) in [5.74, 6) is 0.136. The van der Waals surface area contributed by atoms with Crippen LogP contribution >= 0.6 is 0 Å². The Kier molecular flexibility index (Phi) is 12.4. The van der Waals surface area contributed by atoms with Crippen molar-refractivity contribution in [1.82, 2.24) is 10.2 Å². The summed E-state index contributed by atoms with van der Waals surface area (Å²) >= 11 is 0. The lowest BCUT2D eigenvalue weighted by Crippen LogP contribution is -2.52. The Bertz CT molecular complexity index is 1490. The van der Waals surface area contributed by atoms with Gasteiger partial charge in [-0.05, 0) is 56.4 Å². The normalized spacial score (nSPS) is 14.4. The molecule has 3 aromatic rings. The van der Waals surface area contributed by atoms with Crippen LogP contribution < -0.4 is 14.4 Å². The van der Waals surface area contributed by atoms with E-state index in [2.05, 4.69) is 5.32 Å². The van der Waals surface area contributed by atoms with Crippen LogP contribution in [0.1, 0.15) is 68.6 Å². The highest BCUT2D eigenvalue weighted by Crippen LogP contribution is 2.30. The molecule has 45 heavy (non-hydrogen) atoms. The highest BCUT2D eigenvalue weighted by atomic mass is 32.2. The number of carbonyl (C=O) groups is 2. The number of hydrogen-bond donors (Lipinski definition) is 1. The zero-order valence-electron chi connectivity index (χ0n) is 26.8. The second-order valence-electron chi connectivity index (χ2n) is 11.9. The molecule has 242 valence electrons. The summed E-state index contributed by atoms with van der Waals surface area (Å²) in [7, 11) is -3.65. The Morgan fingerprint density at radius 2 is 1.58 bits per heavy atom. The molecule has 8 nitrogen and oxygen atoms in total. The number of amides is 2. The van der Waals surface area contributed by atoms with Gasteiger partial charge in [-0.25, -0.2) is 8.42 Å². The maximum atomic E-state index is 14.1. The van der Waals surface area contributed by atoms with Gasteiger partial charge in [0.05, 0.1) is 18.6 Å². The summed E-state index contributed by atoms with van der Waals surface area (Å²) in [6.07, 6.45) is 7.14. The molecule has 1 atom stereocenters. The first-order chi connectivity index (χ1) is 21.7. The van der Waals surface area contributed by atoms with E-state index >= 15 is 0 Å². The van der Waals surface area contributed by atoms with Gasteiger partial charge in [-0.3, -0.25) is 13.9 Å². The number of nitrogens with zero attached hydrogens (tertiary/aromatic N) is 2. The number of aryl methyl sites for hydroxylation is 1. The molecule has 1 fully saturated rings. The average molecular weight is 634 g/mol. The lowest BCUT2D eigenvalue weighted by molar-refractivity contribution is -0.141. The van der Waals surface area contributed by atoms with Gasteiger partial charge < -0.3 is 15.0 Å². The number of ether oxygens (including phenoxy) is 1. The highest BCUT2D eigenvalue weighted by molar-refractivity contribution is 7.92. The zero-order valence-corrected chi connectivity index (χ0v) is 27.6. The second kappa shape index (κ2) is 16.5. The molecule has 0 radical (unpaired) electrons. The van der Waals surface area contributed by atoms with Gasteiger partial charge >= 0.3 is 0 Å². The Morgan fingerprint density at radius 1 is 0.911 bits per heavy atom. The number of sulfonamides is 1. The van der Waals surface area contributed by atoms with Crippen molar-refractivity contribution in [3.63, 3.8) is 0 Å². The van der Waals surface area contributed by atoms with Crippen LogP contribution in [0.4, 0.5) is 5.69 Å². The molecule has 1 aliphatic carbocycles. The molecular weight excluding hydrogens is 586 g/mol. The summed E-state index contributed by atoms with van der Waals surface area (Å²) in [6, 6.07) is 24.2. The van der Waals surface area contributed by atoms with E-state index in [1.807, 2.05) is 68.4 Å². The molecule has 9 heteroatoms. The second-order valence-corrected chi connectivity index (χ2v) is 13.8. The maximum Gasteiger partial charge on any atom is 0.243 e. The van der Waals surface area contributed by atoms with Crippen LogP contribution in [0, 0.1) is 6.92 Å². The average Bonchev–Trinajstić information content (AvgIpc) is 3.03. The number of para-hydroxylation sites is 2. The van der Waals surface area contributed by atoms with Crippen molar-refractivity contribution in [1.29, 1.82) is 0 Å². The van der Waals surface area contributed by atoms with Gasteiger partial charge in [0, 0.05) is 32.0 Å². The van der Waals surface area contributed by atoms with E-state index in [0.717, 1.165) is 48.6 Å². The largest absolute Gasteiger partial charge is 0.492 e. The first kappa shape index (κ1) is 34.0. The van der Waals surface area contributed by atoms with Crippen molar-refractivity contribution in [3.8, 4) is 5.75 Å². The van der Waals surface area contributed by atoms with Gasteiger partial charge in [0.15, 0.2) is 0 Å². The molecule has 0 heterocycles.